The first-order chi connectivity index (χ1) is 9.65. The molecule has 1 aromatic rings. The van der Waals surface area contributed by atoms with E-state index in [0.717, 1.165) is 11.7 Å². The summed E-state index contributed by atoms with van der Waals surface area (Å²) in [6, 6.07) is 9.36. The Morgan fingerprint density at radius 3 is 2.40 bits per heavy atom. The lowest BCUT2D eigenvalue weighted by Gasteiger charge is -2.24. The van der Waals surface area contributed by atoms with Crippen LogP contribution in [0.3, 0.4) is 0 Å². The fraction of sp³-hybridized carbons (Fsp3) is 0.588. The molecule has 1 saturated carbocycles. The van der Waals surface area contributed by atoms with E-state index in [4.69, 9.17) is 12.2 Å². The van der Waals surface area contributed by atoms with Crippen LogP contribution in [0.4, 0.5) is 0 Å². The second-order valence-corrected chi connectivity index (χ2v) is 6.47. The third-order valence-electron chi connectivity index (χ3n) is 4.04. The lowest BCUT2D eigenvalue weighted by atomic mass is 9.96. The van der Waals surface area contributed by atoms with Gasteiger partial charge in [-0.05, 0) is 42.1 Å². The van der Waals surface area contributed by atoms with E-state index in [1.807, 2.05) is 0 Å². The third kappa shape index (κ3) is 4.78. The zero-order valence-corrected chi connectivity index (χ0v) is 13.4. The predicted octanol–water partition coefficient (Wildman–Crippen LogP) is 4.11. The molecule has 0 amide bonds. The normalized spacial score (nSPS) is 16.1. The van der Waals surface area contributed by atoms with Gasteiger partial charge in [0.2, 0.25) is 0 Å². The average molecular weight is 290 g/mol. The minimum atomic E-state index is 0.576. The molecule has 1 aliphatic rings. The molecule has 0 aliphatic heterocycles. The minimum Gasteiger partial charge on any atom is -0.360 e. The van der Waals surface area contributed by atoms with Crippen molar-refractivity contribution in [2.45, 2.75) is 64.5 Å². The fourth-order valence-corrected chi connectivity index (χ4v) is 2.92. The summed E-state index contributed by atoms with van der Waals surface area (Å²) in [6.07, 6.45) is 6.55. The van der Waals surface area contributed by atoms with Crippen LogP contribution in [-0.2, 0) is 6.54 Å². The van der Waals surface area contributed by atoms with E-state index < -0.39 is 0 Å². The first-order valence-electron chi connectivity index (χ1n) is 7.78. The number of hydrogen-bond acceptors (Lipinski definition) is 1. The molecule has 1 fully saturated rings. The molecule has 20 heavy (non-hydrogen) atoms. The summed E-state index contributed by atoms with van der Waals surface area (Å²) in [7, 11) is 0. The Labute approximate surface area is 128 Å². The SMILES string of the molecule is CC(C)c1ccc(CNC(=S)NC2CCCCC2)cc1. The van der Waals surface area contributed by atoms with E-state index in [-0.39, 0.29) is 0 Å². The van der Waals surface area contributed by atoms with Gasteiger partial charge in [0.05, 0.1) is 0 Å². The molecule has 1 aromatic carbocycles. The second kappa shape index (κ2) is 7.63. The molecule has 110 valence electrons. The quantitative estimate of drug-likeness (QED) is 0.816. The first-order valence-corrected chi connectivity index (χ1v) is 8.19. The van der Waals surface area contributed by atoms with Crippen LogP contribution in [0.2, 0.25) is 0 Å². The average Bonchev–Trinajstić information content (AvgIpc) is 2.46. The molecular formula is C17H26N2S. The molecule has 2 rings (SSSR count). The van der Waals surface area contributed by atoms with Gasteiger partial charge in [-0.25, -0.2) is 0 Å². The van der Waals surface area contributed by atoms with Gasteiger partial charge in [0.1, 0.15) is 0 Å². The largest absolute Gasteiger partial charge is 0.360 e. The van der Waals surface area contributed by atoms with Crippen LogP contribution in [0.5, 0.6) is 0 Å². The van der Waals surface area contributed by atoms with Crippen LogP contribution in [0, 0.1) is 0 Å². The number of thiocarbonyl (C=S) groups is 1. The topological polar surface area (TPSA) is 24.1 Å². The zero-order chi connectivity index (χ0) is 14.4. The summed E-state index contributed by atoms with van der Waals surface area (Å²) < 4.78 is 0. The molecule has 0 atom stereocenters. The standard InChI is InChI=1S/C17H26N2S/c1-13(2)15-10-8-14(9-11-15)12-18-17(20)19-16-6-4-3-5-7-16/h8-11,13,16H,3-7,12H2,1-2H3,(H2,18,19,20). The third-order valence-corrected chi connectivity index (χ3v) is 4.30. The molecule has 2 nitrogen and oxygen atoms in total. The molecule has 0 radical (unpaired) electrons. The lowest BCUT2D eigenvalue weighted by molar-refractivity contribution is 0.412. The number of nitrogens with one attached hydrogen (secondary N) is 2. The Kier molecular flexibility index (Phi) is 5.84. The van der Waals surface area contributed by atoms with Crippen molar-refractivity contribution in [3.8, 4) is 0 Å². The number of rotatable bonds is 4. The number of benzene rings is 1. The molecular weight excluding hydrogens is 264 g/mol. The summed E-state index contributed by atoms with van der Waals surface area (Å²) in [6.45, 7) is 5.24. The summed E-state index contributed by atoms with van der Waals surface area (Å²) in [5.41, 5.74) is 2.67. The molecule has 0 spiro atoms. The van der Waals surface area contributed by atoms with E-state index in [0.29, 0.717) is 12.0 Å². The van der Waals surface area contributed by atoms with E-state index in [1.54, 1.807) is 0 Å². The predicted molar refractivity (Wildman–Crippen MR) is 90.0 cm³/mol. The van der Waals surface area contributed by atoms with Gasteiger partial charge in [-0.2, -0.15) is 0 Å². The maximum absolute atomic E-state index is 5.38. The highest BCUT2D eigenvalue weighted by Gasteiger charge is 2.13. The maximum atomic E-state index is 5.38. The number of hydrogen-bond donors (Lipinski definition) is 2. The van der Waals surface area contributed by atoms with Crippen molar-refractivity contribution >= 4 is 17.3 Å². The summed E-state index contributed by atoms with van der Waals surface area (Å²) in [5.74, 6) is 0.589. The van der Waals surface area contributed by atoms with Crippen molar-refractivity contribution < 1.29 is 0 Å². The van der Waals surface area contributed by atoms with Gasteiger partial charge in [-0.1, -0.05) is 57.4 Å². The summed E-state index contributed by atoms with van der Waals surface area (Å²) >= 11 is 5.38. The smallest absolute Gasteiger partial charge is 0.166 e. The van der Waals surface area contributed by atoms with Gasteiger partial charge in [0.15, 0.2) is 5.11 Å². The Morgan fingerprint density at radius 2 is 1.80 bits per heavy atom. The highest BCUT2D eigenvalue weighted by molar-refractivity contribution is 7.80. The van der Waals surface area contributed by atoms with E-state index in [2.05, 4.69) is 48.7 Å². The summed E-state index contributed by atoms with van der Waals surface area (Å²) in [5, 5.41) is 7.55. The highest BCUT2D eigenvalue weighted by Crippen LogP contribution is 2.17. The molecule has 0 bridgehead atoms. The lowest BCUT2D eigenvalue weighted by Crippen LogP contribution is -2.42. The zero-order valence-electron chi connectivity index (χ0n) is 12.6. The Hall–Kier alpha value is -1.09. The van der Waals surface area contributed by atoms with Crippen LogP contribution in [-0.4, -0.2) is 11.2 Å². The Morgan fingerprint density at radius 1 is 1.15 bits per heavy atom. The van der Waals surface area contributed by atoms with Gasteiger partial charge >= 0.3 is 0 Å². The highest BCUT2D eigenvalue weighted by atomic mass is 32.1. The van der Waals surface area contributed by atoms with Crippen LogP contribution in [0.1, 0.15) is 63.0 Å². The van der Waals surface area contributed by atoms with E-state index >= 15 is 0 Å². The van der Waals surface area contributed by atoms with Crippen molar-refractivity contribution in [2.24, 2.45) is 0 Å². The van der Waals surface area contributed by atoms with Crippen LogP contribution >= 0.6 is 12.2 Å². The minimum absolute atomic E-state index is 0.576. The molecule has 0 heterocycles. The van der Waals surface area contributed by atoms with Gasteiger partial charge in [-0.15, -0.1) is 0 Å². The first kappa shape index (κ1) is 15.3. The monoisotopic (exact) mass is 290 g/mol. The van der Waals surface area contributed by atoms with Gasteiger partial charge in [0, 0.05) is 12.6 Å². The maximum Gasteiger partial charge on any atom is 0.166 e. The van der Waals surface area contributed by atoms with Crippen LogP contribution < -0.4 is 10.6 Å². The van der Waals surface area contributed by atoms with Crippen molar-refractivity contribution in [2.75, 3.05) is 0 Å². The summed E-state index contributed by atoms with van der Waals surface area (Å²) in [4.78, 5) is 0. The van der Waals surface area contributed by atoms with Gasteiger partial charge in [-0.3, -0.25) is 0 Å². The molecule has 1 aliphatic carbocycles. The molecule has 3 heteroatoms. The van der Waals surface area contributed by atoms with Crippen molar-refractivity contribution in [3.63, 3.8) is 0 Å². The Balaban J connectivity index is 1.74. The van der Waals surface area contributed by atoms with Crippen LogP contribution in [0.25, 0.3) is 0 Å². The fourth-order valence-electron chi connectivity index (χ4n) is 2.69. The van der Waals surface area contributed by atoms with Gasteiger partial charge < -0.3 is 10.6 Å². The van der Waals surface area contributed by atoms with E-state index in [1.165, 1.54) is 43.2 Å². The molecule has 2 N–H and O–H groups in total. The van der Waals surface area contributed by atoms with Crippen molar-refractivity contribution in [3.05, 3.63) is 35.4 Å². The van der Waals surface area contributed by atoms with E-state index in [9.17, 15) is 0 Å². The van der Waals surface area contributed by atoms with Gasteiger partial charge in [0.25, 0.3) is 0 Å². The van der Waals surface area contributed by atoms with Crippen LogP contribution in [0.15, 0.2) is 24.3 Å². The second-order valence-electron chi connectivity index (χ2n) is 6.06. The molecule has 0 unspecified atom stereocenters. The van der Waals surface area contributed by atoms with Crippen molar-refractivity contribution in [1.82, 2.24) is 10.6 Å². The molecule has 0 aromatic heterocycles. The Bertz CT molecular complexity index is 419. The van der Waals surface area contributed by atoms with Crippen molar-refractivity contribution in [1.29, 1.82) is 0 Å². The molecule has 0 saturated heterocycles.